The second kappa shape index (κ2) is 13.3. The number of hydrogen-bond acceptors (Lipinski definition) is 3. The number of pyridine rings is 1. The third-order valence-electron chi connectivity index (χ3n) is 9.91. The molecular formula is C44H48N4OPt. The molecule has 0 saturated carbocycles. The van der Waals surface area contributed by atoms with Gasteiger partial charge in [0.25, 0.3) is 0 Å². The number of aryl methyl sites for hydroxylation is 2. The van der Waals surface area contributed by atoms with Crippen LogP contribution in [0.5, 0.6) is 11.5 Å². The fourth-order valence-corrected chi connectivity index (χ4v) is 7.77. The van der Waals surface area contributed by atoms with Crippen LogP contribution in [0.15, 0.2) is 78.5 Å². The van der Waals surface area contributed by atoms with E-state index in [2.05, 4.69) is 139 Å². The minimum Gasteiger partial charge on any atom is -0.509 e. The van der Waals surface area contributed by atoms with Crippen molar-refractivity contribution in [3.05, 3.63) is 119 Å². The largest absolute Gasteiger partial charge is 2.00 e. The van der Waals surface area contributed by atoms with Crippen LogP contribution in [0, 0.1) is 31.9 Å². The summed E-state index contributed by atoms with van der Waals surface area (Å²) in [5.41, 5.74) is 10.1. The van der Waals surface area contributed by atoms with Crippen LogP contribution in [0.2, 0.25) is 0 Å². The van der Waals surface area contributed by atoms with E-state index in [0.29, 0.717) is 23.3 Å². The predicted octanol–water partition coefficient (Wildman–Crippen LogP) is 11.4. The summed E-state index contributed by atoms with van der Waals surface area (Å²) in [4.78, 5) is 4.73. The molecule has 0 spiro atoms. The van der Waals surface area contributed by atoms with Crippen LogP contribution in [0.25, 0.3) is 33.3 Å². The topological polar surface area (TPSA) is 44.9 Å². The molecule has 0 radical (unpaired) electrons. The molecule has 0 amide bonds. The molecule has 3 aromatic carbocycles. The van der Waals surface area contributed by atoms with Gasteiger partial charge in [-0.15, -0.1) is 35.7 Å². The number of nitrogens with zero attached hydrogens (tertiary/aromatic N) is 4. The second-order valence-electron chi connectivity index (χ2n) is 16.1. The standard InChI is InChI=1S/C44H48N4O.Pt/c1-27-20-21-45-38(24-27)47-36-17-12-11-16-34(36)35-19-18-32(26-37(35)47)49-33-23-28(2)22-31(25-33)48-42(44(8,9)10)40(41(46-48)43(5,6)7)39-29(3)14-13-15-30(39)4;/h11-12,14,16-24,30,39H,13,15H2,1-10H3;/q-2;+2/t30-,39?;/m0./s1. The summed E-state index contributed by atoms with van der Waals surface area (Å²) in [5, 5.41) is 7.72. The zero-order valence-corrected chi connectivity index (χ0v) is 33.3. The molecule has 1 aliphatic carbocycles. The first kappa shape index (κ1) is 35.9. The van der Waals surface area contributed by atoms with E-state index >= 15 is 0 Å². The predicted molar refractivity (Wildman–Crippen MR) is 202 cm³/mol. The van der Waals surface area contributed by atoms with Gasteiger partial charge in [-0.05, 0) is 67.4 Å². The van der Waals surface area contributed by atoms with Crippen molar-refractivity contribution in [1.29, 1.82) is 0 Å². The Morgan fingerprint density at radius 2 is 1.58 bits per heavy atom. The van der Waals surface area contributed by atoms with E-state index in [1.54, 1.807) is 0 Å². The second-order valence-corrected chi connectivity index (χ2v) is 16.1. The number of benzene rings is 3. The maximum absolute atomic E-state index is 6.63. The smallest absolute Gasteiger partial charge is 0.509 e. The van der Waals surface area contributed by atoms with Gasteiger partial charge >= 0.3 is 21.1 Å². The van der Waals surface area contributed by atoms with Crippen LogP contribution in [-0.2, 0) is 31.9 Å². The van der Waals surface area contributed by atoms with E-state index < -0.39 is 0 Å². The van der Waals surface area contributed by atoms with Crippen LogP contribution in [0.3, 0.4) is 0 Å². The van der Waals surface area contributed by atoms with Gasteiger partial charge in [0.05, 0.1) is 11.4 Å². The third-order valence-corrected chi connectivity index (χ3v) is 9.91. The maximum Gasteiger partial charge on any atom is 2.00 e. The van der Waals surface area contributed by atoms with E-state index in [4.69, 9.17) is 14.8 Å². The van der Waals surface area contributed by atoms with E-state index in [0.717, 1.165) is 56.6 Å². The Morgan fingerprint density at radius 3 is 2.28 bits per heavy atom. The van der Waals surface area contributed by atoms with Gasteiger partial charge in [0.15, 0.2) is 0 Å². The van der Waals surface area contributed by atoms with E-state index in [9.17, 15) is 0 Å². The van der Waals surface area contributed by atoms with Crippen LogP contribution in [0.4, 0.5) is 0 Å². The molecule has 5 nitrogen and oxygen atoms in total. The van der Waals surface area contributed by atoms with E-state index in [1.807, 2.05) is 24.4 Å². The molecule has 3 aromatic heterocycles. The number of rotatable bonds is 5. The number of ether oxygens (including phenoxy) is 1. The number of fused-ring (bicyclic) bond motifs is 3. The van der Waals surface area contributed by atoms with E-state index in [1.165, 1.54) is 23.3 Å². The van der Waals surface area contributed by atoms with Gasteiger partial charge in [0, 0.05) is 45.5 Å². The molecule has 2 atom stereocenters. The Morgan fingerprint density at radius 1 is 0.820 bits per heavy atom. The molecule has 0 saturated heterocycles. The normalized spacial score (nSPS) is 16.8. The zero-order chi connectivity index (χ0) is 34.8. The Hall–Kier alpha value is -3.95. The Bertz CT molecular complexity index is 2240. The summed E-state index contributed by atoms with van der Waals surface area (Å²) < 4.78 is 11.0. The number of allylic oxidation sites excluding steroid dienone is 2. The molecule has 0 aliphatic heterocycles. The van der Waals surface area contributed by atoms with E-state index in [-0.39, 0.29) is 31.9 Å². The average Bonchev–Trinajstić information content (AvgIpc) is 3.58. The summed E-state index contributed by atoms with van der Waals surface area (Å²) >= 11 is 0. The molecule has 0 bridgehead atoms. The third kappa shape index (κ3) is 6.50. The maximum atomic E-state index is 6.63. The quantitative estimate of drug-likeness (QED) is 0.128. The Labute approximate surface area is 312 Å². The molecule has 1 unspecified atom stereocenters. The minimum absolute atomic E-state index is 0. The van der Waals surface area contributed by atoms with Crippen molar-refractivity contribution in [3.63, 3.8) is 0 Å². The summed E-state index contributed by atoms with van der Waals surface area (Å²) in [6.45, 7) is 22.7. The minimum atomic E-state index is -0.155. The molecule has 6 aromatic rings. The molecule has 260 valence electrons. The molecule has 7 rings (SSSR count). The number of para-hydroxylation sites is 1. The fourth-order valence-electron chi connectivity index (χ4n) is 7.77. The molecule has 3 heterocycles. The molecule has 0 fully saturated rings. The molecule has 1 aliphatic rings. The van der Waals surface area contributed by atoms with Crippen LogP contribution in [0.1, 0.15) is 102 Å². The molecule has 6 heteroatoms. The van der Waals surface area contributed by atoms with Crippen LogP contribution < -0.4 is 4.74 Å². The summed E-state index contributed by atoms with van der Waals surface area (Å²) in [6, 6.07) is 28.1. The molecule has 50 heavy (non-hydrogen) atoms. The monoisotopic (exact) mass is 843 g/mol. The van der Waals surface area contributed by atoms with Crippen molar-refractivity contribution in [3.8, 4) is 23.0 Å². The van der Waals surface area contributed by atoms with Crippen molar-refractivity contribution in [2.24, 2.45) is 5.92 Å². The summed E-state index contributed by atoms with van der Waals surface area (Å²) in [5.74, 6) is 3.00. The fraction of sp³-hybridized carbons (Fsp3) is 0.364. The van der Waals surface area contributed by atoms with Crippen molar-refractivity contribution in [2.45, 2.75) is 98.8 Å². The number of aromatic nitrogens is 4. The van der Waals surface area contributed by atoms with Crippen molar-refractivity contribution >= 4 is 21.8 Å². The van der Waals surface area contributed by atoms with Crippen molar-refractivity contribution < 1.29 is 25.8 Å². The first-order valence-corrected chi connectivity index (χ1v) is 17.6. The van der Waals surface area contributed by atoms with Gasteiger partial charge < -0.3 is 9.30 Å². The van der Waals surface area contributed by atoms with Gasteiger partial charge in [-0.3, -0.25) is 4.68 Å². The number of hydrogen-bond donors (Lipinski definition) is 0. The van der Waals surface area contributed by atoms with Crippen LogP contribution in [-0.4, -0.2) is 19.3 Å². The summed E-state index contributed by atoms with van der Waals surface area (Å²) in [6.07, 6.45) is 6.63. The first-order valence-electron chi connectivity index (χ1n) is 17.6. The van der Waals surface area contributed by atoms with Gasteiger partial charge in [-0.1, -0.05) is 90.8 Å². The van der Waals surface area contributed by atoms with Crippen molar-refractivity contribution in [2.75, 3.05) is 0 Å². The zero-order valence-electron chi connectivity index (χ0n) is 31.0. The molecule has 0 N–H and O–H groups in total. The van der Waals surface area contributed by atoms with Crippen LogP contribution >= 0.6 is 0 Å². The van der Waals surface area contributed by atoms with Crippen molar-refractivity contribution in [1.82, 2.24) is 19.3 Å². The average molecular weight is 844 g/mol. The summed E-state index contributed by atoms with van der Waals surface area (Å²) in [7, 11) is 0. The Balaban J connectivity index is 0.00000432. The van der Waals surface area contributed by atoms with Gasteiger partial charge in [0.2, 0.25) is 0 Å². The van der Waals surface area contributed by atoms with Gasteiger partial charge in [-0.25, -0.2) is 4.98 Å². The van der Waals surface area contributed by atoms with Gasteiger partial charge in [-0.2, -0.15) is 16.7 Å². The van der Waals surface area contributed by atoms with Gasteiger partial charge in [0.1, 0.15) is 5.82 Å². The Kier molecular flexibility index (Phi) is 9.54. The first-order chi connectivity index (χ1) is 23.2. The molecular weight excluding hydrogens is 796 g/mol. The SMILES string of the molecule is CC1=CCC[C@H](C)C1c1c(C(C)(C)C)nn(-c2[c-]c(Oc3[c-]c4c(cc3)c3ccccc3n4-c3cc(C)ccn3)cc(C)c2)c1C(C)(C)C.[Pt+2].